The van der Waals surface area contributed by atoms with E-state index >= 15 is 0 Å². The molecule has 0 unspecified atom stereocenters. The summed E-state index contributed by atoms with van der Waals surface area (Å²) in [4.78, 5) is 25.6. The summed E-state index contributed by atoms with van der Waals surface area (Å²) < 4.78 is 23.2. The quantitative estimate of drug-likeness (QED) is 0.767. The van der Waals surface area contributed by atoms with E-state index in [0.29, 0.717) is 18.7 Å². The maximum Gasteiger partial charge on any atom is 0.248 e. The van der Waals surface area contributed by atoms with E-state index in [0.717, 1.165) is 17.4 Å². The van der Waals surface area contributed by atoms with Crippen molar-refractivity contribution in [3.05, 3.63) is 70.2 Å². The van der Waals surface area contributed by atoms with Gasteiger partial charge in [-0.2, -0.15) is 0 Å². The van der Waals surface area contributed by atoms with Crippen molar-refractivity contribution in [1.29, 1.82) is 0 Å². The molecule has 25 heavy (non-hydrogen) atoms. The first-order chi connectivity index (χ1) is 11.8. The fraction of sp³-hybridized carbons (Fsp3) is 0.222. The van der Waals surface area contributed by atoms with Crippen LogP contribution < -0.4 is 10.9 Å². The second-order valence-corrected chi connectivity index (χ2v) is 7.63. The van der Waals surface area contributed by atoms with Crippen molar-refractivity contribution in [3.8, 4) is 0 Å². The van der Waals surface area contributed by atoms with Crippen molar-refractivity contribution in [1.82, 2.24) is 10.3 Å². The van der Waals surface area contributed by atoms with Gasteiger partial charge in [0.15, 0.2) is 9.84 Å². The monoisotopic (exact) mass is 360 g/mol. The number of sulfone groups is 1. The molecule has 0 spiro atoms. The van der Waals surface area contributed by atoms with Crippen LogP contribution in [-0.4, -0.2) is 32.1 Å². The lowest BCUT2D eigenvalue weighted by atomic mass is 10.0. The summed E-state index contributed by atoms with van der Waals surface area (Å²) in [5.41, 5.74) is 1.95. The second-order valence-electron chi connectivity index (χ2n) is 5.61. The fourth-order valence-electron chi connectivity index (χ4n) is 2.33. The Labute approximate surface area is 146 Å². The number of H-pyrrole nitrogens is 1. The predicted molar refractivity (Wildman–Crippen MR) is 97.0 cm³/mol. The first-order valence-corrected chi connectivity index (χ1v) is 9.61. The van der Waals surface area contributed by atoms with E-state index in [2.05, 4.69) is 10.3 Å². The van der Waals surface area contributed by atoms with E-state index in [-0.39, 0.29) is 16.4 Å². The molecule has 0 aliphatic carbocycles. The van der Waals surface area contributed by atoms with Gasteiger partial charge in [-0.3, -0.25) is 9.59 Å². The third-order valence-corrected chi connectivity index (χ3v) is 4.65. The van der Waals surface area contributed by atoms with Crippen molar-refractivity contribution in [2.75, 3.05) is 12.8 Å². The number of nitrogens with one attached hydrogen (secondary N) is 2. The van der Waals surface area contributed by atoms with Crippen molar-refractivity contribution in [3.63, 3.8) is 0 Å². The molecule has 7 heteroatoms. The minimum absolute atomic E-state index is 0.111. The Morgan fingerprint density at radius 1 is 1.16 bits per heavy atom. The molecule has 6 nitrogen and oxygen atoms in total. The second kappa shape index (κ2) is 7.94. The number of pyridine rings is 1. The number of benzene rings is 1. The Bertz CT molecular complexity index is 942. The molecule has 0 saturated heterocycles. The molecule has 2 N–H and O–H groups in total. The average Bonchev–Trinajstić information content (AvgIpc) is 2.54. The van der Waals surface area contributed by atoms with Gasteiger partial charge in [0.25, 0.3) is 0 Å². The lowest BCUT2D eigenvalue weighted by Crippen LogP contribution is -2.20. The Morgan fingerprint density at radius 3 is 2.40 bits per heavy atom. The van der Waals surface area contributed by atoms with Crippen LogP contribution in [0.5, 0.6) is 0 Å². The van der Waals surface area contributed by atoms with Gasteiger partial charge < -0.3 is 10.3 Å². The van der Waals surface area contributed by atoms with Crippen LogP contribution in [0.2, 0.25) is 0 Å². The number of amides is 1. The summed E-state index contributed by atoms with van der Waals surface area (Å²) in [6.45, 7) is 1.92. The van der Waals surface area contributed by atoms with E-state index in [1.165, 1.54) is 25.1 Å². The van der Waals surface area contributed by atoms with Crippen LogP contribution >= 0.6 is 0 Å². The lowest BCUT2D eigenvalue weighted by Gasteiger charge is -2.10. The average molecular weight is 360 g/mol. The van der Waals surface area contributed by atoms with E-state index in [9.17, 15) is 18.0 Å². The van der Waals surface area contributed by atoms with Gasteiger partial charge in [0, 0.05) is 37.1 Å². The molecule has 132 valence electrons. The summed E-state index contributed by atoms with van der Waals surface area (Å²) in [5, 5.41) is 2.71. The van der Waals surface area contributed by atoms with Crippen LogP contribution in [-0.2, 0) is 14.6 Å². The molecule has 1 aromatic carbocycles. The summed E-state index contributed by atoms with van der Waals surface area (Å²) in [7, 11) is -3.27. The Kier molecular flexibility index (Phi) is 5.93. The standard InChI is InChI=1S/C18H20N2O4S/c1-13(21)19-12-4-5-16(17-6-3-7-18(22)20-17)14-8-10-15(11-9-14)25(2,23)24/h3,5-11H,4,12H2,1-2H3,(H,19,21)(H,20,22)/b16-5+. The minimum atomic E-state index is -3.27. The van der Waals surface area contributed by atoms with E-state index in [4.69, 9.17) is 0 Å². The van der Waals surface area contributed by atoms with Crippen LogP contribution in [0.1, 0.15) is 24.6 Å². The van der Waals surface area contributed by atoms with Gasteiger partial charge in [-0.1, -0.05) is 24.3 Å². The molecule has 2 aromatic rings. The van der Waals surface area contributed by atoms with E-state index < -0.39 is 9.84 Å². The number of hydrogen-bond donors (Lipinski definition) is 2. The summed E-state index contributed by atoms with van der Waals surface area (Å²) >= 11 is 0. The molecule has 1 aromatic heterocycles. The molecule has 0 aliphatic rings. The Morgan fingerprint density at radius 2 is 1.84 bits per heavy atom. The van der Waals surface area contributed by atoms with Crippen LogP contribution in [0.25, 0.3) is 5.57 Å². The molecule has 0 bridgehead atoms. The van der Waals surface area contributed by atoms with Gasteiger partial charge in [-0.05, 0) is 30.2 Å². The zero-order valence-electron chi connectivity index (χ0n) is 14.1. The molecule has 1 amide bonds. The molecule has 0 atom stereocenters. The van der Waals surface area contributed by atoms with Gasteiger partial charge in [-0.15, -0.1) is 0 Å². The molecular weight excluding hydrogens is 340 g/mol. The van der Waals surface area contributed by atoms with Gasteiger partial charge in [0.05, 0.1) is 4.90 Å². The van der Waals surface area contributed by atoms with E-state index in [1.807, 2.05) is 6.08 Å². The predicted octanol–water partition coefficient (Wildman–Crippen LogP) is 1.74. The molecule has 0 fully saturated rings. The smallest absolute Gasteiger partial charge is 0.248 e. The van der Waals surface area contributed by atoms with Crippen molar-refractivity contribution in [2.45, 2.75) is 18.2 Å². The first-order valence-electron chi connectivity index (χ1n) is 7.72. The Hall–Kier alpha value is -2.67. The summed E-state index contributed by atoms with van der Waals surface area (Å²) in [5.74, 6) is -0.111. The van der Waals surface area contributed by atoms with Crippen LogP contribution in [0.4, 0.5) is 0 Å². The third kappa shape index (κ3) is 5.42. The molecule has 1 heterocycles. The lowest BCUT2D eigenvalue weighted by molar-refractivity contribution is -0.118. The number of hydrogen-bond acceptors (Lipinski definition) is 4. The molecular formula is C18H20N2O4S. The van der Waals surface area contributed by atoms with Crippen molar-refractivity contribution < 1.29 is 13.2 Å². The zero-order chi connectivity index (χ0) is 18.4. The number of carbonyl (C=O) groups excluding carboxylic acids is 1. The van der Waals surface area contributed by atoms with Crippen LogP contribution in [0, 0.1) is 0 Å². The van der Waals surface area contributed by atoms with Crippen LogP contribution in [0.15, 0.2) is 58.2 Å². The summed E-state index contributed by atoms with van der Waals surface area (Å²) in [6, 6.07) is 11.3. The topological polar surface area (TPSA) is 96.1 Å². The zero-order valence-corrected chi connectivity index (χ0v) is 14.9. The van der Waals surface area contributed by atoms with E-state index in [1.54, 1.807) is 24.3 Å². The highest BCUT2D eigenvalue weighted by molar-refractivity contribution is 7.90. The van der Waals surface area contributed by atoms with Crippen molar-refractivity contribution in [2.24, 2.45) is 0 Å². The van der Waals surface area contributed by atoms with Gasteiger partial charge in [0.2, 0.25) is 11.5 Å². The molecule has 0 radical (unpaired) electrons. The number of rotatable bonds is 6. The maximum absolute atomic E-state index is 11.6. The highest BCUT2D eigenvalue weighted by Gasteiger charge is 2.10. The normalized spacial score (nSPS) is 12.0. The molecule has 0 aliphatic heterocycles. The first kappa shape index (κ1) is 18.7. The summed E-state index contributed by atoms with van der Waals surface area (Å²) in [6.07, 6.45) is 3.62. The van der Waals surface area contributed by atoms with Crippen LogP contribution in [0.3, 0.4) is 0 Å². The number of aromatic nitrogens is 1. The highest BCUT2D eigenvalue weighted by atomic mass is 32.2. The van der Waals surface area contributed by atoms with Crippen molar-refractivity contribution >= 4 is 21.3 Å². The maximum atomic E-state index is 11.6. The minimum Gasteiger partial charge on any atom is -0.356 e. The Balaban J connectivity index is 2.39. The fourth-order valence-corrected chi connectivity index (χ4v) is 2.97. The molecule has 2 rings (SSSR count). The highest BCUT2D eigenvalue weighted by Crippen LogP contribution is 2.23. The van der Waals surface area contributed by atoms with Gasteiger partial charge >= 0.3 is 0 Å². The van der Waals surface area contributed by atoms with Gasteiger partial charge in [0.1, 0.15) is 0 Å². The number of carbonyl (C=O) groups is 1. The molecule has 0 saturated carbocycles. The van der Waals surface area contributed by atoms with Gasteiger partial charge in [-0.25, -0.2) is 8.42 Å². The third-order valence-electron chi connectivity index (χ3n) is 3.52. The SMILES string of the molecule is CC(=O)NCC/C=C(\c1ccc(S(C)(=O)=O)cc1)c1cccc(=O)[nH]1. The largest absolute Gasteiger partial charge is 0.356 e. The number of aromatic amines is 1.